The molecule has 1 saturated carbocycles. The molecule has 0 N–H and O–H groups in total. The Labute approximate surface area is 72.9 Å². The van der Waals surface area contributed by atoms with Gasteiger partial charge in [-0.1, -0.05) is 0 Å². The average molecular weight is 205 g/mol. The van der Waals surface area contributed by atoms with Crippen molar-refractivity contribution in [1.29, 1.82) is 0 Å². The second kappa shape index (κ2) is 3.05. The van der Waals surface area contributed by atoms with Crippen LogP contribution in [0.15, 0.2) is 0 Å². The number of rotatable bonds is 3. The van der Waals surface area contributed by atoms with Crippen LogP contribution in [0.25, 0.3) is 0 Å². The maximum Gasteiger partial charge on any atom is 0.249 e. The van der Waals surface area contributed by atoms with Crippen molar-refractivity contribution >= 4 is 11.6 Å². The van der Waals surface area contributed by atoms with Crippen LogP contribution in [0.1, 0.15) is 19.3 Å². The third-order valence-electron chi connectivity index (χ3n) is 2.14. The Morgan fingerprint density at radius 2 is 1.75 bits per heavy atom. The fourth-order valence-corrected chi connectivity index (χ4v) is 1.96. The number of hydrogen-bond acceptors (Lipinski definition) is 0. The van der Waals surface area contributed by atoms with Crippen LogP contribution in [-0.4, -0.2) is 18.2 Å². The molecular formula is C7H9ClF4. The number of halogens is 5. The lowest BCUT2D eigenvalue weighted by molar-refractivity contribution is -0.165. The topological polar surface area (TPSA) is 0 Å². The summed E-state index contributed by atoms with van der Waals surface area (Å²) in [6.07, 6.45) is -4.03. The van der Waals surface area contributed by atoms with Gasteiger partial charge in [-0.2, -0.15) is 0 Å². The van der Waals surface area contributed by atoms with E-state index in [1.807, 2.05) is 0 Å². The van der Waals surface area contributed by atoms with Gasteiger partial charge in [-0.3, -0.25) is 0 Å². The largest absolute Gasteiger partial charge is 0.249 e. The highest BCUT2D eigenvalue weighted by Gasteiger charge is 2.56. The highest BCUT2D eigenvalue weighted by Crippen LogP contribution is 2.55. The Balaban J connectivity index is 2.47. The standard InChI is InChI=1S/C7H9ClF4/c8-4-6(1-5(9)10)2-7(11,12)3-6/h5H,1-4H2. The lowest BCUT2D eigenvalue weighted by atomic mass is 9.65. The highest BCUT2D eigenvalue weighted by molar-refractivity contribution is 6.18. The van der Waals surface area contributed by atoms with E-state index >= 15 is 0 Å². The lowest BCUT2D eigenvalue weighted by Gasteiger charge is -2.46. The third-order valence-corrected chi connectivity index (χ3v) is 2.70. The normalized spacial score (nSPS) is 25.5. The van der Waals surface area contributed by atoms with Crippen LogP contribution in [-0.2, 0) is 0 Å². The van der Waals surface area contributed by atoms with E-state index in [-0.39, 0.29) is 5.88 Å². The first-order chi connectivity index (χ1) is 5.39. The summed E-state index contributed by atoms with van der Waals surface area (Å²) in [5, 5.41) is 0. The van der Waals surface area contributed by atoms with Crippen molar-refractivity contribution in [3.05, 3.63) is 0 Å². The summed E-state index contributed by atoms with van der Waals surface area (Å²) >= 11 is 5.36. The van der Waals surface area contributed by atoms with E-state index in [1.165, 1.54) is 0 Å². The zero-order valence-electron chi connectivity index (χ0n) is 6.30. The van der Waals surface area contributed by atoms with Crippen molar-refractivity contribution in [3.63, 3.8) is 0 Å². The molecule has 1 fully saturated rings. The predicted molar refractivity (Wildman–Crippen MR) is 38.0 cm³/mol. The summed E-state index contributed by atoms with van der Waals surface area (Å²) in [5.74, 6) is -2.88. The summed E-state index contributed by atoms with van der Waals surface area (Å²) in [4.78, 5) is 0. The van der Waals surface area contributed by atoms with Crippen LogP contribution in [0.5, 0.6) is 0 Å². The Morgan fingerprint density at radius 3 is 2.00 bits per heavy atom. The van der Waals surface area contributed by atoms with Crippen LogP contribution in [0, 0.1) is 5.41 Å². The van der Waals surface area contributed by atoms with E-state index < -0.39 is 37.0 Å². The molecule has 0 heterocycles. The van der Waals surface area contributed by atoms with E-state index in [0.717, 1.165) is 0 Å². The number of hydrogen-bond donors (Lipinski definition) is 0. The molecule has 5 heteroatoms. The molecule has 0 saturated heterocycles. The summed E-state index contributed by atoms with van der Waals surface area (Å²) in [6, 6.07) is 0. The molecule has 0 radical (unpaired) electrons. The van der Waals surface area contributed by atoms with E-state index in [1.54, 1.807) is 0 Å². The van der Waals surface area contributed by atoms with Gasteiger partial charge in [0.15, 0.2) is 0 Å². The van der Waals surface area contributed by atoms with Gasteiger partial charge in [0.1, 0.15) is 0 Å². The Kier molecular flexibility index (Phi) is 2.57. The molecule has 0 aromatic rings. The summed E-state index contributed by atoms with van der Waals surface area (Å²) in [7, 11) is 0. The molecule has 0 nitrogen and oxygen atoms in total. The van der Waals surface area contributed by atoms with Crippen molar-refractivity contribution < 1.29 is 17.6 Å². The van der Waals surface area contributed by atoms with Gasteiger partial charge >= 0.3 is 0 Å². The molecule has 1 aliphatic carbocycles. The summed E-state index contributed by atoms with van der Waals surface area (Å²) < 4.78 is 48.5. The van der Waals surface area contributed by atoms with Crippen LogP contribution in [0.2, 0.25) is 0 Å². The Hall–Kier alpha value is 0.01000. The predicted octanol–water partition coefficient (Wildman–Crippen LogP) is 3.30. The molecular weight excluding hydrogens is 196 g/mol. The molecule has 0 aromatic carbocycles. The highest BCUT2D eigenvalue weighted by atomic mass is 35.5. The molecule has 0 atom stereocenters. The molecule has 0 unspecified atom stereocenters. The van der Waals surface area contributed by atoms with Crippen molar-refractivity contribution in [1.82, 2.24) is 0 Å². The first kappa shape index (κ1) is 10.1. The van der Waals surface area contributed by atoms with Gasteiger partial charge in [-0.15, -0.1) is 11.6 Å². The molecule has 0 bridgehead atoms. The van der Waals surface area contributed by atoms with E-state index in [4.69, 9.17) is 11.6 Å². The van der Waals surface area contributed by atoms with Gasteiger partial charge in [0, 0.05) is 30.6 Å². The van der Waals surface area contributed by atoms with Crippen LogP contribution in [0.4, 0.5) is 17.6 Å². The first-order valence-electron chi connectivity index (χ1n) is 3.61. The Morgan fingerprint density at radius 1 is 1.25 bits per heavy atom. The minimum atomic E-state index is -2.77. The summed E-state index contributed by atoms with van der Waals surface area (Å²) in [5.41, 5.74) is -1.01. The molecule has 1 aliphatic rings. The van der Waals surface area contributed by atoms with Crippen LogP contribution >= 0.6 is 11.6 Å². The average Bonchev–Trinajstić information content (AvgIpc) is 1.81. The lowest BCUT2D eigenvalue weighted by Crippen LogP contribution is -2.48. The van der Waals surface area contributed by atoms with Crippen LogP contribution < -0.4 is 0 Å². The SMILES string of the molecule is FC(F)CC1(CCl)CC(F)(F)C1. The van der Waals surface area contributed by atoms with E-state index in [0.29, 0.717) is 0 Å². The van der Waals surface area contributed by atoms with Crippen molar-refractivity contribution in [2.24, 2.45) is 5.41 Å². The Bertz CT molecular complexity index is 155. The zero-order chi connectivity index (χ0) is 9.41. The van der Waals surface area contributed by atoms with Gasteiger partial charge in [-0.05, 0) is 0 Å². The summed E-state index contributed by atoms with van der Waals surface area (Å²) in [6.45, 7) is 0. The molecule has 0 amide bonds. The van der Waals surface area contributed by atoms with Crippen LogP contribution in [0.3, 0.4) is 0 Å². The van der Waals surface area contributed by atoms with Gasteiger partial charge in [0.25, 0.3) is 0 Å². The fourth-order valence-electron chi connectivity index (χ4n) is 1.67. The van der Waals surface area contributed by atoms with E-state index in [9.17, 15) is 17.6 Å². The van der Waals surface area contributed by atoms with Gasteiger partial charge in [0.2, 0.25) is 12.3 Å². The molecule has 0 aromatic heterocycles. The molecule has 72 valence electrons. The van der Waals surface area contributed by atoms with Gasteiger partial charge in [0.05, 0.1) is 0 Å². The first-order valence-corrected chi connectivity index (χ1v) is 4.15. The third kappa shape index (κ3) is 2.03. The fraction of sp³-hybridized carbons (Fsp3) is 1.00. The van der Waals surface area contributed by atoms with Crippen molar-refractivity contribution in [3.8, 4) is 0 Å². The molecule has 0 aliphatic heterocycles. The molecule has 0 spiro atoms. The van der Waals surface area contributed by atoms with Crippen molar-refractivity contribution in [2.75, 3.05) is 5.88 Å². The maximum atomic E-state index is 12.4. The second-order valence-corrected chi connectivity index (χ2v) is 3.71. The number of alkyl halides is 5. The van der Waals surface area contributed by atoms with Gasteiger partial charge in [-0.25, -0.2) is 17.6 Å². The van der Waals surface area contributed by atoms with Crippen molar-refractivity contribution in [2.45, 2.75) is 31.6 Å². The quantitative estimate of drug-likeness (QED) is 0.489. The molecule has 12 heavy (non-hydrogen) atoms. The minimum Gasteiger partial charge on any atom is -0.211 e. The monoisotopic (exact) mass is 204 g/mol. The van der Waals surface area contributed by atoms with E-state index in [2.05, 4.69) is 0 Å². The minimum absolute atomic E-state index is 0.104. The maximum absolute atomic E-state index is 12.4. The molecule has 1 rings (SSSR count). The zero-order valence-corrected chi connectivity index (χ0v) is 7.05. The second-order valence-electron chi connectivity index (χ2n) is 3.44. The smallest absolute Gasteiger partial charge is 0.211 e. The van der Waals surface area contributed by atoms with Gasteiger partial charge < -0.3 is 0 Å².